The zero-order valence-corrected chi connectivity index (χ0v) is 16.0. The predicted molar refractivity (Wildman–Crippen MR) is 100 cm³/mol. The van der Waals surface area contributed by atoms with Gasteiger partial charge in [0, 0.05) is 39.0 Å². The van der Waals surface area contributed by atoms with E-state index in [0.717, 1.165) is 51.6 Å². The minimum atomic E-state index is 0.299. The fraction of sp³-hybridized carbons (Fsp3) is 0.778. The summed E-state index contributed by atoms with van der Waals surface area (Å²) in [7, 11) is 0. The van der Waals surface area contributed by atoms with Crippen molar-refractivity contribution in [2.45, 2.75) is 60.1 Å². The van der Waals surface area contributed by atoms with E-state index in [9.17, 15) is 0 Å². The molecule has 1 aromatic rings. The average Bonchev–Trinajstić information content (AvgIpc) is 2.95. The maximum atomic E-state index is 5.78. The molecule has 0 saturated carbocycles. The first-order chi connectivity index (χ1) is 11.6. The maximum absolute atomic E-state index is 5.78. The summed E-state index contributed by atoms with van der Waals surface area (Å²) in [6.07, 6.45) is 6.22. The number of aryl methyl sites for hydroxylation is 2. The van der Waals surface area contributed by atoms with E-state index in [2.05, 4.69) is 61.5 Å². The quantitative estimate of drug-likeness (QED) is 0.370. The lowest BCUT2D eigenvalue weighted by Gasteiger charge is -2.21. The van der Waals surface area contributed by atoms with E-state index in [1.54, 1.807) is 0 Å². The third-order valence-corrected chi connectivity index (χ3v) is 3.77. The number of aliphatic imine (C=N–C) groups is 1. The second-order valence-corrected chi connectivity index (χ2v) is 6.35. The number of nitrogens with zero attached hydrogens (tertiary/aromatic N) is 3. The van der Waals surface area contributed by atoms with Crippen LogP contribution in [-0.2, 0) is 11.3 Å². The highest BCUT2D eigenvalue weighted by Crippen LogP contribution is 2.09. The number of hydrogen-bond acceptors (Lipinski definition) is 3. The van der Waals surface area contributed by atoms with Gasteiger partial charge in [-0.15, -0.1) is 0 Å². The molecular weight excluding hydrogens is 302 g/mol. The fourth-order valence-corrected chi connectivity index (χ4v) is 2.51. The van der Waals surface area contributed by atoms with Gasteiger partial charge in [-0.3, -0.25) is 9.67 Å². The minimum absolute atomic E-state index is 0.299. The van der Waals surface area contributed by atoms with Gasteiger partial charge in [0.15, 0.2) is 5.96 Å². The van der Waals surface area contributed by atoms with Gasteiger partial charge in [0.05, 0.1) is 12.3 Å². The molecule has 0 radical (unpaired) electrons. The predicted octanol–water partition coefficient (Wildman–Crippen LogP) is 2.59. The van der Waals surface area contributed by atoms with Crippen LogP contribution in [0.2, 0.25) is 0 Å². The van der Waals surface area contributed by atoms with Crippen molar-refractivity contribution < 1.29 is 4.74 Å². The Hall–Kier alpha value is -1.56. The second-order valence-electron chi connectivity index (χ2n) is 6.35. The van der Waals surface area contributed by atoms with Crippen molar-refractivity contribution >= 4 is 5.96 Å². The van der Waals surface area contributed by atoms with Crippen LogP contribution in [0.15, 0.2) is 17.4 Å². The van der Waals surface area contributed by atoms with Crippen LogP contribution in [0, 0.1) is 12.8 Å². The summed E-state index contributed by atoms with van der Waals surface area (Å²) in [4.78, 5) is 4.64. The molecule has 1 atom stereocenters. The highest BCUT2D eigenvalue weighted by molar-refractivity contribution is 5.79. The van der Waals surface area contributed by atoms with Gasteiger partial charge in [-0.25, -0.2) is 0 Å². The first-order valence-electron chi connectivity index (χ1n) is 9.19. The molecule has 0 amide bonds. The van der Waals surface area contributed by atoms with Gasteiger partial charge in [0.2, 0.25) is 0 Å². The molecule has 0 aliphatic heterocycles. The third kappa shape index (κ3) is 8.34. The molecular formula is C18H35N5O. The average molecular weight is 338 g/mol. The summed E-state index contributed by atoms with van der Waals surface area (Å²) in [5.74, 6) is 1.41. The van der Waals surface area contributed by atoms with Crippen molar-refractivity contribution in [1.29, 1.82) is 0 Å². The van der Waals surface area contributed by atoms with E-state index < -0.39 is 0 Å². The number of hydrogen-bond donors (Lipinski definition) is 2. The van der Waals surface area contributed by atoms with Gasteiger partial charge in [-0.2, -0.15) is 5.10 Å². The summed E-state index contributed by atoms with van der Waals surface area (Å²) in [5, 5.41) is 11.0. The van der Waals surface area contributed by atoms with E-state index in [-0.39, 0.29) is 0 Å². The Bertz CT molecular complexity index is 470. The van der Waals surface area contributed by atoms with Crippen LogP contribution in [0.3, 0.4) is 0 Å². The molecule has 0 aliphatic rings. The molecule has 0 saturated heterocycles. The monoisotopic (exact) mass is 337 g/mol. The number of rotatable bonds is 11. The number of guanidine groups is 1. The van der Waals surface area contributed by atoms with Gasteiger partial charge in [0.1, 0.15) is 0 Å². The van der Waals surface area contributed by atoms with Crippen molar-refractivity contribution in [3.05, 3.63) is 18.0 Å². The Kier molecular flexibility index (Phi) is 10.2. The molecule has 1 aromatic heterocycles. The molecule has 1 unspecified atom stereocenters. The number of nitrogens with one attached hydrogen (secondary N) is 2. The molecule has 1 heterocycles. The summed E-state index contributed by atoms with van der Waals surface area (Å²) in [6, 6.07) is 0. The molecule has 0 bridgehead atoms. The zero-order valence-electron chi connectivity index (χ0n) is 16.0. The van der Waals surface area contributed by atoms with E-state index in [1.807, 2.05) is 10.9 Å². The standard InChI is InChI=1S/C18H35N5O/c1-6-19-18(21-11-9-17(15(3)4)24-7-2)20-10-8-12-23-14-16(5)13-22-23/h13-15,17H,6-12H2,1-5H3,(H2,19,20,21). The fourth-order valence-electron chi connectivity index (χ4n) is 2.51. The van der Waals surface area contributed by atoms with E-state index >= 15 is 0 Å². The summed E-state index contributed by atoms with van der Waals surface area (Å²) < 4.78 is 7.76. The third-order valence-electron chi connectivity index (χ3n) is 3.77. The molecule has 1 rings (SSSR count). The summed E-state index contributed by atoms with van der Waals surface area (Å²) in [6.45, 7) is 14.8. The Morgan fingerprint density at radius 1 is 1.33 bits per heavy atom. The highest BCUT2D eigenvalue weighted by atomic mass is 16.5. The van der Waals surface area contributed by atoms with Crippen molar-refractivity contribution in [2.75, 3.05) is 26.2 Å². The lowest BCUT2D eigenvalue weighted by atomic mass is 10.0. The van der Waals surface area contributed by atoms with E-state index in [1.165, 1.54) is 5.56 Å². The van der Waals surface area contributed by atoms with Crippen LogP contribution in [0.1, 0.15) is 46.1 Å². The van der Waals surface area contributed by atoms with E-state index in [4.69, 9.17) is 4.74 Å². The largest absolute Gasteiger partial charge is 0.378 e. The molecule has 2 N–H and O–H groups in total. The Labute approximate surface area is 147 Å². The van der Waals surface area contributed by atoms with Gasteiger partial charge >= 0.3 is 0 Å². The molecule has 0 aliphatic carbocycles. The zero-order chi connectivity index (χ0) is 17.8. The normalized spacial score (nSPS) is 13.3. The molecule has 6 nitrogen and oxygen atoms in total. The topological polar surface area (TPSA) is 63.5 Å². The number of aromatic nitrogens is 2. The molecule has 0 fully saturated rings. The second kappa shape index (κ2) is 11.9. The first kappa shape index (κ1) is 20.5. The smallest absolute Gasteiger partial charge is 0.191 e. The Morgan fingerprint density at radius 2 is 2.12 bits per heavy atom. The molecule has 24 heavy (non-hydrogen) atoms. The number of ether oxygens (including phenoxy) is 1. The van der Waals surface area contributed by atoms with Gasteiger partial charge in [0.25, 0.3) is 0 Å². The molecule has 138 valence electrons. The van der Waals surface area contributed by atoms with Crippen LogP contribution in [0.25, 0.3) is 0 Å². The summed E-state index contributed by atoms with van der Waals surface area (Å²) in [5.41, 5.74) is 1.20. The Balaban J connectivity index is 2.33. The highest BCUT2D eigenvalue weighted by Gasteiger charge is 2.12. The van der Waals surface area contributed by atoms with E-state index in [0.29, 0.717) is 12.0 Å². The summed E-state index contributed by atoms with van der Waals surface area (Å²) >= 11 is 0. The molecule has 0 spiro atoms. The lowest BCUT2D eigenvalue weighted by molar-refractivity contribution is 0.0258. The molecule has 6 heteroatoms. The SMILES string of the molecule is CCNC(=NCCCn1cc(C)cn1)NCCC(OCC)C(C)C. The van der Waals surface area contributed by atoms with Crippen molar-refractivity contribution in [2.24, 2.45) is 10.9 Å². The first-order valence-corrected chi connectivity index (χ1v) is 9.19. The van der Waals surface area contributed by atoms with Crippen molar-refractivity contribution in [3.8, 4) is 0 Å². The van der Waals surface area contributed by atoms with Gasteiger partial charge in [-0.05, 0) is 45.1 Å². The van der Waals surface area contributed by atoms with Crippen LogP contribution >= 0.6 is 0 Å². The minimum Gasteiger partial charge on any atom is -0.378 e. The Morgan fingerprint density at radius 3 is 2.71 bits per heavy atom. The molecule has 0 aromatic carbocycles. The van der Waals surface area contributed by atoms with Crippen LogP contribution in [-0.4, -0.2) is 48.1 Å². The van der Waals surface area contributed by atoms with Gasteiger partial charge < -0.3 is 15.4 Å². The maximum Gasteiger partial charge on any atom is 0.191 e. The van der Waals surface area contributed by atoms with Crippen LogP contribution in [0.4, 0.5) is 0 Å². The van der Waals surface area contributed by atoms with Crippen LogP contribution < -0.4 is 10.6 Å². The van der Waals surface area contributed by atoms with Crippen molar-refractivity contribution in [1.82, 2.24) is 20.4 Å². The van der Waals surface area contributed by atoms with Crippen molar-refractivity contribution in [3.63, 3.8) is 0 Å². The van der Waals surface area contributed by atoms with Gasteiger partial charge in [-0.1, -0.05) is 13.8 Å². The lowest BCUT2D eigenvalue weighted by Crippen LogP contribution is -2.39. The van der Waals surface area contributed by atoms with Crippen LogP contribution in [0.5, 0.6) is 0 Å².